The maximum atomic E-state index is 12.9. The molecular formula is C17H9Cl2IN2O3S. The summed E-state index contributed by atoms with van der Waals surface area (Å²) in [5.41, 5.74) is 0.743. The summed E-state index contributed by atoms with van der Waals surface area (Å²) in [5.74, 6) is -1.12. The van der Waals surface area contributed by atoms with Crippen LogP contribution in [-0.4, -0.2) is 22.0 Å². The van der Waals surface area contributed by atoms with E-state index in [1.54, 1.807) is 30.3 Å². The molecule has 0 atom stereocenters. The molecule has 0 aromatic heterocycles. The van der Waals surface area contributed by atoms with Gasteiger partial charge in [-0.3, -0.25) is 19.8 Å². The number of phenols is 1. The van der Waals surface area contributed by atoms with Crippen molar-refractivity contribution in [1.82, 2.24) is 5.32 Å². The molecule has 2 amide bonds. The lowest BCUT2D eigenvalue weighted by molar-refractivity contribution is -0.122. The van der Waals surface area contributed by atoms with Crippen molar-refractivity contribution in [2.75, 3.05) is 4.90 Å². The van der Waals surface area contributed by atoms with Gasteiger partial charge in [-0.1, -0.05) is 35.3 Å². The molecule has 0 unspecified atom stereocenters. The van der Waals surface area contributed by atoms with E-state index >= 15 is 0 Å². The van der Waals surface area contributed by atoms with E-state index in [-0.39, 0.29) is 32.2 Å². The van der Waals surface area contributed by atoms with Crippen LogP contribution < -0.4 is 10.2 Å². The smallest absolute Gasteiger partial charge is 0.270 e. The van der Waals surface area contributed by atoms with Crippen LogP contribution in [0.1, 0.15) is 5.56 Å². The van der Waals surface area contributed by atoms with Crippen molar-refractivity contribution >= 4 is 86.7 Å². The number of phenolic OH excluding ortho intramolecular Hbond substituents is 1. The minimum Gasteiger partial charge on any atom is -0.507 e. The van der Waals surface area contributed by atoms with Crippen LogP contribution in [0.4, 0.5) is 5.69 Å². The zero-order valence-electron chi connectivity index (χ0n) is 12.8. The van der Waals surface area contributed by atoms with Gasteiger partial charge in [0.25, 0.3) is 11.8 Å². The van der Waals surface area contributed by atoms with Crippen LogP contribution >= 0.6 is 58.0 Å². The van der Waals surface area contributed by atoms with E-state index in [0.717, 1.165) is 4.90 Å². The molecule has 0 aliphatic carbocycles. The van der Waals surface area contributed by atoms with Crippen LogP contribution in [0.15, 0.2) is 42.0 Å². The molecule has 5 nitrogen and oxygen atoms in total. The predicted octanol–water partition coefficient (Wildman–Crippen LogP) is 4.13. The number of halogens is 3. The number of hydrogen-bond acceptors (Lipinski definition) is 4. The summed E-state index contributed by atoms with van der Waals surface area (Å²) in [4.78, 5) is 26.3. The van der Waals surface area contributed by atoms with E-state index in [4.69, 9.17) is 35.4 Å². The Bertz CT molecular complexity index is 994. The van der Waals surface area contributed by atoms with Crippen LogP contribution in [0, 0.1) is 3.57 Å². The molecule has 1 heterocycles. The van der Waals surface area contributed by atoms with Crippen molar-refractivity contribution in [1.29, 1.82) is 0 Å². The number of hydrogen-bond donors (Lipinski definition) is 2. The van der Waals surface area contributed by atoms with E-state index in [2.05, 4.69) is 5.32 Å². The topological polar surface area (TPSA) is 69.6 Å². The van der Waals surface area contributed by atoms with Gasteiger partial charge in [-0.25, -0.2) is 0 Å². The average Bonchev–Trinajstić information content (AvgIpc) is 2.58. The zero-order chi connectivity index (χ0) is 19.0. The summed E-state index contributed by atoms with van der Waals surface area (Å²) in [7, 11) is 0. The number of thiocarbonyl (C=S) groups is 1. The van der Waals surface area contributed by atoms with E-state index in [1.807, 2.05) is 22.6 Å². The van der Waals surface area contributed by atoms with Crippen LogP contribution in [0.3, 0.4) is 0 Å². The van der Waals surface area contributed by atoms with Crippen LogP contribution in [0.25, 0.3) is 6.08 Å². The van der Waals surface area contributed by atoms with Gasteiger partial charge < -0.3 is 5.11 Å². The summed E-state index contributed by atoms with van der Waals surface area (Å²) < 4.78 is 0.589. The molecular weight excluding hydrogens is 510 g/mol. The quantitative estimate of drug-likeness (QED) is 0.271. The molecule has 2 aromatic rings. The molecule has 3 rings (SSSR count). The molecule has 0 radical (unpaired) electrons. The zero-order valence-corrected chi connectivity index (χ0v) is 17.3. The first-order valence-electron chi connectivity index (χ1n) is 7.13. The van der Waals surface area contributed by atoms with Crippen LogP contribution in [0.2, 0.25) is 10.0 Å². The summed E-state index contributed by atoms with van der Waals surface area (Å²) in [6.07, 6.45) is 1.42. The monoisotopic (exact) mass is 518 g/mol. The fraction of sp³-hybridized carbons (Fsp3) is 0. The minimum atomic E-state index is -0.619. The Morgan fingerprint density at radius 3 is 2.62 bits per heavy atom. The number of anilines is 1. The number of benzene rings is 2. The SMILES string of the molecule is O=C1NC(=S)N(c2cccc(Cl)c2Cl)C(=O)/C1=C/c1ccc(O)c(I)c1. The van der Waals surface area contributed by atoms with Gasteiger partial charge in [-0.15, -0.1) is 0 Å². The Morgan fingerprint density at radius 1 is 1.19 bits per heavy atom. The number of aromatic hydroxyl groups is 1. The third-order valence-electron chi connectivity index (χ3n) is 3.56. The first-order valence-corrected chi connectivity index (χ1v) is 9.38. The second kappa shape index (κ2) is 7.51. The molecule has 9 heteroatoms. The summed E-state index contributed by atoms with van der Waals surface area (Å²) >= 11 is 19.3. The number of nitrogens with one attached hydrogen (secondary N) is 1. The normalized spacial score (nSPS) is 16.2. The van der Waals surface area contributed by atoms with Gasteiger partial charge >= 0.3 is 0 Å². The van der Waals surface area contributed by atoms with Gasteiger partial charge in [-0.05, 0) is 70.7 Å². The summed E-state index contributed by atoms with van der Waals surface area (Å²) in [6, 6.07) is 9.51. The number of carbonyl (C=O) groups excluding carboxylic acids is 2. The lowest BCUT2D eigenvalue weighted by Crippen LogP contribution is -2.54. The van der Waals surface area contributed by atoms with Crippen molar-refractivity contribution in [3.05, 3.63) is 61.2 Å². The summed E-state index contributed by atoms with van der Waals surface area (Å²) in [6.45, 7) is 0. The Morgan fingerprint density at radius 2 is 1.92 bits per heavy atom. The van der Waals surface area contributed by atoms with Crippen molar-refractivity contribution in [3.63, 3.8) is 0 Å². The van der Waals surface area contributed by atoms with Crippen molar-refractivity contribution < 1.29 is 14.7 Å². The molecule has 0 bridgehead atoms. The maximum absolute atomic E-state index is 12.9. The molecule has 132 valence electrons. The number of nitrogens with zero attached hydrogens (tertiary/aromatic N) is 1. The standard InChI is InChI=1S/C17H9Cl2IN2O3S/c18-10-2-1-3-12(14(10)19)22-16(25)9(15(24)21-17(22)26)6-8-4-5-13(23)11(20)7-8/h1-7,23H,(H,21,24,26)/b9-6+. The molecule has 1 aliphatic heterocycles. The lowest BCUT2D eigenvalue weighted by Gasteiger charge is -2.29. The number of amides is 2. The fourth-order valence-corrected chi connectivity index (χ4v) is 3.51. The number of carbonyl (C=O) groups is 2. The molecule has 0 spiro atoms. The second-order valence-corrected chi connectivity index (χ2v) is 7.58. The highest BCUT2D eigenvalue weighted by Crippen LogP contribution is 2.34. The maximum Gasteiger partial charge on any atom is 0.270 e. The van der Waals surface area contributed by atoms with Gasteiger partial charge in [0, 0.05) is 0 Å². The Hall–Kier alpha value is -1.68. The lowest BCUT2D eigenvalue weighted by atomic mass is 10.1. The minimum absolute atomic E-state index is 0.0818. The van der Waals surface area contributed by atoms with Gasteiger partial charge in [0.15, 0.2) is 5.11 Å². The van der Waals surface area contributed by atoms with E-state index in [1.165, 1.54) is 12.1 Å². The Kier molecular flexibility index (Phi) is 5.52. The first-order chi connectivity index (χ1) is 12.3. The molecule has 1 saturated heterocycles. The molecule has 0 saturated carbocycles. The van der Waals surface area contributed by atoms with E-state index in [0.29, 0.717) is 9.13 Å². The molecule has 1 aliphatic rings. The van der Waals surface area contributed by atoms with Crippen LogP contribution in [-0.2, 0) is 9.59 Å². The molecule has 1 fully saturated rings. The van der Waals surface area contributed by atoms with Crippen LogP contribution in [0.5, 0.6) is 5.75 Å². The Balaban J connectivity index is 2.07. The fourth-order valence-electron chi connectivity index (χ4n) is 2.32. The highest BCUT2D eigenvalue weighted by molar-refractivity contribution is 14.1. The number of rotatable bonds is 2. The van der Waals surface area contributed by atoms with Gasteiger partial charge in [0.05, 0.1) is 19.3 Å². The highest BCUT2D eigenvalue weighted by atomic mass is 127. The second-order valence-electron chi connectivity index (χ2n) is 5.24. The van der Waals surface area contributed by atoms with E-state index < -0.39 is 11.8 Å². The molecule has 2 aromatic carbocycles. The van der Waals surface area contributed by atoms with Crippen molar-refractivity contribution in [2.24, 2.45) is 0 Å². The van der Waals surface area contributed by atoms with Crippen molar-refractivity contribution in [2.45, 2.75) is 0 Å². The third kappa shape index (κ3) is 3.57. The predicted molar refractivity (Wildman–Crippen MR) is 113 cm³/mol. The average molecular weight is 519 g/mol. The molecule has 26 heavy (non-hydrogen) atoms. The van der Waals surface area contributed by atoms with Gasteiger partial charge in [0.2, 0.25) is 0 Å². The first kappa shape index (κ1) is 19.1. The Labute approximate surface area is 177 Å². The van der Waals surface area contributed by atoms with Gasteiger partial charge in [0.1, 0.15) is 11.3 Å². The highest BCUT2D eigenvalue weighted by Gasteiger charge is 2.35. The van der Waals surface area contributed by atoms with Crippen molar-refractivity contribution in [3.8, 4) is 5.75 Å². The largest absolute Gasteiger partial charge is 0.507 e. The molecule has 2 N–H and O–H groups in total. The third-order valence-corrected chi connectivity index (χ3v) is 5.51. The summed E-state index contributed by atoms with van der Waals surface area (Å²) in [5, 5.41) is 12.4. The van der Waals surface area contributed by atoms with E-state index in [9.17, 15) is 14.7 Å². The van der Waals surface area contributed by atoms with Gasteiger partial charge in [-0.2, -0.15) is 0 Å².